The number of para-hydroxylation sites is 1. The van der Waals surface area contributed by atoms with Gasteiger partial charge in [0.1, 0.15) is 18.2 Å². The summed E-state index contributed by atoms with van der Waals surface area (Å²) in [4.78, 5) is 17.6. The molecule has 3 aromatic rings. The van der Waals surface area contributed by atoms with Gasteiger partial charge in [0.05, 0.1) is 18.6 Å². The maximum Gasteiger partial charge on any atom is 0.307 e. The number of halogens is 2. The Morgan fingerprint density at radius 1 is 1.27 bits per heavy atom. The van der Waals surface area contributed by atoms with Crippen molar-refractivity contribution in [2.45, 2.75) is 52.1 Å². The molecule has 0 saturated carbocycles. The highest BCUT2D eigenvalue weighted by molar-refractivity contribution is 5.85. The van der Waals surface area contributed by atoms with Crippen LogP contribution in [0.5, 0.6) is 5.75 Å². The van der Waals surface area contributed by atoms with E-state index in [1.54, 1.807) is 13.0 Å². The normalized spacial score (nSPS) is 18.6. The van der Waals surface area contributed by atoms with Crippen molar-refractivity contribution in [3.8, 4) is 5.75 Å². The number of fused-ring (bicyclic) bond motifs is 3. The Balaban J connectivity index is 1.77. The standard InChI is InChI=1S/C29H37F2N3O3/c1-4-20-16-22-21-8-5-6-9-24(21)33-27(22)28(34(20)17-18(2)29(35)36)26-19(3)25(11-10-23(26)31)37-15-14-32-13-7-12-30/h5-6,8-11,18,20,28,32-33H,4,7,12-17H2,1-3H3,(H,35,36)/t18?,20-,28-/m1/s1. The lowest BCUT2D eigenvalue weighted by molar-refractivity contribution is -0.142. The van der Waals surface area contributed by atoms with Gasteiger partial charge in [0, 0.05) is 41.3 Å². The number of aliphatic carboxylic acids is 1. The monoisotopic (exact) mass is 513 g/mol. The van der Waals surface area contributed by atoms with Crippen molar-refractivity contribution in [2.24, 2.45) is 5.92 Å². The summed E-state index contributed by atoms with van der Waals surface area (Å²) >= 11 is 0. The zero-order valence-corrected chi connectivity index (χ0v) is 21.8. The third-order valence-electron chi connectivity index (χ3n) is 7.45. The molecule has 0 saturated heterocycles. The van der Waals surface area contributed by atoms with E-state index in [0.717, 1.165) is 35.0 Å². The number of benzene rings is 2. The number of carbonyl (C=O) groups is 1. The molecular formula is C29H37F2N3O3. The number of hydrogen-bond donors (Lipinski definition) is 3. The lowest BCUT2D eigenvalue weighted by atomic mass is 9.84. The summed E-state index contributed by atoms with van der Waals surface area (Å²) in [5.41, 5.74) is 4.27. The summed E-state index contributed by atoms with van der Waals surface area (Å²) in [6.07, 6.45) is 2.03. The molecule has 2 aromatic carbocycles. The van der Waals surface area contributed by atoms with Gasteiger partial charge in [-0.15, -0.1) is 0 Å². The van der Waals surface area contributed by atoms with Gasteiger partial charge in [0.2, 0.25) is 0 Å². The average Bonchev–Trinajstić information content (AvgIpc) is 3.26. The predicted molar refractivity (Wildman–Crippen MR) is 142 cm³/mol. The molecule has 0 amide bonds. The van der Waals surface area contributed by atoms with Crippen molar-refractivity contribution in [1.82, 2.24) is 15.2 Å². The Bertz CT molecular complexity index is 1230. The quantitative estimate of drug-likeness (QED) is 0.283. The van der Waals surface area contributed by atoms with Crippen LogP contribution >= 0.6 is 0 Å². The fraction of sp³-hybridized carbons (Fsp3) is 0.483. The van der Waals surface area contributed by atoms with E-state index < -0.39 is 17.9 Å². The van der Waals surface area contributed by atoms with E-state index in [0.29, 0.717) is 49.5 Å². The fourth-order valence-electron chi connectivity index (χ4n) is 5.46. The zero-order chi connectivity index (χ0) is 26.5. The second-order valence-electron chi connectivity index (χ2n) is 9.89. The number of carboxylic acid groups (broad SMARTS) is 1. The highest BCUT2D eigenvalue weighted by atomic mass is 19.1. The van der Waals surface area contributed by atoms with Gasteiger partial charge < -0.3 is 20.1 Å². The lowest BCUT2D eigenvalue weighted by Gasteiger charge is -2.43. The van der Waals surface area contributed by atoms with E-state index in [2.05, 4.69) is 28.2 Å². The molecule has 2 heterocycles. The second kappa shape index (κ2) is 12.0. The minimum Gasteiger partial charge on any atom is -0.492 e. The van der Waals surface area contributed by atoms with E-state index in [1.807, 2.05) is 25.1 Å². The number of alkyl halides is 1. The van der Waals surface area contributed by atoms with Gasteiger partial charge in [-0.25, -0.2) is 4.39 Å². The van der Waals surface area contributed by atoms with Crippen LogP contribution in [-0.2, 0) is 11.2 Å². The number of nitrogens with zero attached hydrogens (tertiary/aromatic N) is 1. The number of ether oxygens (including phenoxy) is 1. The highest BCUT2D eigenvalue weighted by Gasteiger charge is 2.40. The Hall–Kier alpha value is -2.97. The molecule has 0 radical (unpaired) electrons. The zero-order valence-electron chi connectivity index (χ0n) is 21.8. The number of nitrogens with one attached hydrogen (secondary N) is 2. The SMILES string of the molecule is CC[C@@H]1Cc2c([nH]c3ccccc23)[C@@H](c2c(F)ccc(OCCNCCCF)c2C)N1CC(C)C(=O)O. The summed E-state index contributed by atoms with van der Waals surface area (Å²) in [6.45, 7) is 7.11. The summed E-state index contributed by atoms with van der Waals surface area (Å²) < 4.78 is 34.1. The molecule has 4 rings (SSSR count). The van der Waals surface area contributed by atoms with E-state index in [9.17, 15) is 14.3 Å². The molecule has 0 bridgehead atoms. The highest BCUT2D eigenvalue weighted by Crippen LogP contribution is 2.44. The molecule has 0 fully saturated rings. The number of aromatic nitrogens is 1. The molecular weight excluding hydrogens is 476 g/mol. The molecule has 1 aromatic heterocycles. The van der Waals surface area contributed by atoms with Crippen LogP contribution in [-0.4, -0.2) is 59.9 Å². The Morgan fingerprint density at radius 3 is 2.78 bits per heavy atom. The number of rotatable bonds is 12. The van der Waals surface area contributed by atoms with Crippen LogP contribution in [0.2, 0.25) is 0 Å². The van der Waals surface area contributed by atoms with Gasteiger partial charge >= 0.3 is 5.97 Å². The van der Waals surface area contributed by atoms with Crippen LogP contribution in [0, 0.1) is 18.7 Å². The first kappa shape index (κ1) is 27.1. The molecule has 200 valence electrons. The molecule has 1 unspecified atom stereocenters. The van der Waals surface area contributed by atoms with Gasteiger partial charge in [0.25, 0.3) is 0 Å². The number of carboxylic acids is 1. The van der Waals surface area contributed by atoms with Gasteiger partial charge in [0.15, 0.2) is 0 Å². The van der Waals surface area contributed by atoms with E-state index in [4.69, 9.17) is 4.74 Å². The first-order valence-electron chi connectivity index (χ1n) is 13.1. The first-order chi connectivity index (χ1) is 17.9. The molecule has 0 spiro atoms. The minimum absolute atomic E-state index is 0.0570. The molecule has 1 aliphatic rings. The Morgan fingerprint density at radius 2 is 2.05 bits per heavy atom. The summed E-state index contributed by atoms with van der Waals surface area (Å²) in [6, 6.07) is 10.8. The summed E-state index contributed by atoms with van der Waals surface area (Å²) in [5.74, 6) is -1.23. The van der Waals surface area contributed by atoms with Crippen LogP contribution in [0.25, 0.3) is 10.9 Å². The number of aromatic amines is 1. The third kappa shape index (κ3) is 5.65. The van der Waals surface area contributed by atoms with Crippen molar-refractivity contribution in [3.63, 3.8) is 0 Å². The predicted octanol–water partition coefficient (Wildman–Crippen LogP) is 5.39. The molecule has 1 aliphatic heterocycles. The van der Waals surface area contributed by atoms with Gasteiger partial charge in [-0.1, -0.05) is 32.0 Å². The van der Waals surface area contributed by atoms with E-state index in [-0.39, 0.29) is 18.5 Å². The van der Waals surface area contributed by atoms with Crippen LogP contribution in [0.3, 0.4) is 0 Å². The van der Waals surface area contributed by atoms with E-state index in [1.165, 1.54) is 6.07 Å². The maximum atomic E-state index is 15.7. The average molecular weight is 514 g/mol. The Kier molecular flexibility index (Phi) is 8.82. The summed E-state index contributed by atoms with van der Waals surface area (Å²) in [7, 11) is 0. The molecule has 3 atom stereocenters. The van der Waals surface area contributed by atoms with Crippen molar-refractivity contribution in [1.29, 1.82) is 0 Å². The third-order valence-corrected chi connectivity index (χ3v) is 7.45. The molecule has 6 nitrogen and oxygen atoms in total. The lowest BCUT2D eigenvalue weighted by Crippen LogP contribution is -2.47. The van der Waals surface area contributed by atoms with Gasteiger partial charge in [-0.2, -0.15) is 0 Å². The van der Waals surface area contributed by atoms with Crippen LogP contribution in [0.1, 0.15) is 55.1 Å². The molecule has 3 N–H and O–H groups in total. The molecule has 0 aliphatic carbocycles. The van der Waals surface area contributed by atoms with Crippen molar-refractivity contribution < 1.29 is 23.4 Å². The topological polar surface area (TPSA) is 77.6 Å². The first-order valence-corrected chi connectivity index (χ1v) is 13.1. The van der Waals surface area contributed by atoms with Gasteiger partial charge in [-0.3, -0.25) is 14.1 Å². The van der Waals surface area contributed by atoms with Crippen molar-refractivity contribution in [3.05, 3.63) is 64.6 Å². The van der Waals surface area contributed by atoms with Crippen molar-refractivity contribution >= 4 is 16.9 Å². The molecule has 8 heteroatoms. The maximum absolute atomic E-state index is 15.7. The smallest absolute Gasteiger partial charge is 0.307 e. The van der Waals surface area contributed by atoms with Gasteiger partial charge in [-0.05, 0) is 62.1 Å². The van der Waals surface area contributed by atoms with E-state index >= 15 is 4.39 Å². The van der Waals surface area contributed by atoms with Crippen molar-refractivity contribution in [2.75, 3.05) is 32.9 Å². The Labute approximate surface area is 217 Å². The largest absolute Gasteiger partial charge is 0.492 e. The van der Waals surface area contributed by atoms with Crippen LogP contribution in [0.15, 0.2) is 36.4 Å². The minimum atomic E-state index is -0.870. The molecule has 37 heavy (non-hydrogen) atoms. The summed E-state index contributed by atoms with van der Waals surface area (Å²) in [5, 5.41) is 14.0. The number of H-pyrrole nitrogens is 1. The van der Waals surface area contributed by atoms with Crippen LogP contribution in [0.4, 0.5) is 8.78 Å². The second-order valence-corrected chi connectivity index (χ2v) is 9.89. The fourth-order valence-corrected chi connectivity index (χ4v) is 5.46. The number of hydrogen-bond acceptors (Lipinski definition) is 4. The van der Waals surface area contributed by atoms with Crippen LogP contribution < -0.4 is 10.1 Å².